The average molecular weight is 346 g/mol. The van der Waals surface area contributed by atoms with Gasteiger partial charge in [0.2, 0.25) is 0 Å². The Labute approximate surface area is 122 Å². The molecule has 2 aromatic carbocycles. The number of hydrogen-bond donors (Lipinski definition) is 1. The van der Waals surface area contributed by atoms with E-state index in [1.165, 1.54) is 0 Å². The first kappa shape index (κ1) is 13.4. The standard InChI is InChI=1S/C13H7BrCl2O2/c14-10-3-1-7(5-9(10)13(17)18)8-2-4-11(15)12(16)6-8/h1-6H,(H,17,18). The van der Waals surface area contributed by atoms with Crippen LogP contribution in [0, 0.1) is 0 Å². The first-order chi connectivity index (χ1) is 8.49. The van der Waals surface area contributed by atoms with Crippen molar-refractivity contribution in [2.24, 2.45) is 0 Å². The Kier molecular flexibility index (Phi) is 3.95. The highest BCUT2D eigenvalue weighted by molar-refractivity contribution is 9.10. The molecule has 2 rings (SSSR count). The number of benzene rings is 2. The average Bonchev–Trinajstić information content (AvgIpc) is 2.33. The van der Waals surface area contributed by atoms with Crippen molar-refractivity contribution < 1.29 is 9.90 Å². The lowest BCUT2D eigenvalue weighted by Gasteiger charge is -2.06. The zero-order valence-corrected chi connectivity index (χ0v) is 12.1. The van der Waals surface area contributed by atoms with E-state index < -0.39 is 5.97 Å². The molecule has 0 bridgehead atoms. The Balaban J connectivity index is 2.54. The second-order valence-electron chi connectivity index (χ2n) is 3.63. The number of rotatable bonds is 2. The minimum atomic E-state index is -0.983. The van der Waals surface area contributed by atoms with Gasteiger partial charge in [0, 0.05) is 4.47 Å². The molecule has 18 heavy (non-hydrogen) atoms. The minimum absolute atomic E-state index is 0.207. The van der Waals surface area contributed by atoms with E-state index in [4.69, 9.17) is 28.3 Å². The fraction of sp³-hybridized carbons (Fsp3) is 0. The molecule has 0 saturated carbocycles. The molecule has 0 fully saturated rings. The van der Waals surface area contributed by atoms with E-state index in [1.807, 2.05) is 6.07 Å². The lowest BCUT2D eigenvalue weighted by Crippen LogP contribution is -1.97. The molecule has 1 N–H and O–H groups in total. The van der Waals surface area contributed by atoms with Gasteiger partial charge < -0.3 is 5.11 Å². The third-order valence-electron chi connectivity index (χ3n) is 2.45. The van der Waals surface area contributed by atoms with Crippen LogP contribution in [-0.4, -0.2) is 11.1 Å². The molecule has 0 aliphatic carbocycles. The van der Waals surface area contributed by atoms with Gasteiger partial charge >= 0.3 is 5.97 Å². The normalized spacial score (nSPS) is 10.4. The highest BCUT2D eigenvalue weighted by atomic mass is 79.9. The lowest BCUT2D eigenvalue weighted by molar-refractivity contribution is 0.0696. The molecule has 0 spiro atoms. The van der Waals surface area contributed by atoms with Gasteiger partial charge in [0.15, 0.2) is 0 Å². The molecular formula is C13H7BrCl2O2. The summed E-state index contributed by atoms with van der Waals surface area (Å²) in [4.78, 5) is 11.0. The number of carbonyl (C=O) groups is 1. The first-order valence-corrected chi connectivity index (χ1v) is 6.52. The molecule has 0 aromatic heterocycles. The van der Waals surface area contributed by atoms with Crippen LogP contribution in [0.25, 0.3) is 11.1 Å². The van der Waals surface area contributed by atoms with Gasteiger partial charge in [-0.25, -0.2) is 4.79 Å². The molecular weight excluding hydrogens is 339 g/mol. The molecule has 0 saturated heterocycles. The molecule has 2 aromatic rings. The summed E-state index contributed by atoms with van der Waals surface area (Å²) in [5.41, 5.74) is 1.80. The first-order valence-electron chi connectivity index (χ1n) is 4.97. The van der Waals surface area contributed by atoms with E-state index >= 15 is 0 Å². The van der Waals surface area contributed by atoms with Crippen molar-refractivity contribution in [3.05, 3.63) is 56.5 Å². The quantitative estimate of drug-likeness (QED) is 0.820. The maximum Gasteiger partial charge on any atom is 0.336 e. The van der Waals surface area contributed by atoms with Crippen LogP contribution in [0.2, 0.25) is 10.0 Å². The SMILES string of the molecule is O=C(O)c1cc(-c2ccc(Cl)c(Cl)c2)ccc1Br. The predicted molar refractivity (Wildman–Crippen MR) is 76.6 cm³/mol. The van der Waals surface area contributed by atoms with Crippen molar-refractivity contribution in [2.45, 2.75) is 0 Å². The van der Waals surface area contributed by atoms with E-state index in [9.17, 15) is 4.79 Å². The van der Waals surface area contributed by atoms with Crippen molar-refractivity contribution in [3.8, 4) is 11.1 Å². The summed E-state index contributed by atoms with van der Waals surface area (Å²) in [6, 6.07) is 10.3. The lowest BCUT2D eigenvalue weighted by atomic mass is 10.0. The smallest absolute Gasteiger partial charge is 0.336 e. The van der Waals surface area contributed by atoms with Crippen LogP contribution < -0.4 is 0 Å². The number of carboxylic acid groups (broad SMARTS) is 1. The maximum atomic E-state index is 11.0. The summed E-state index contributed by atoms with van der Waals surface area (Å²) in [7, 11) is 0. The molecule has 92 valence electrons. The van der Waals surface area contributed by atoms with Crippen molar-refractivity contribution in [1.29, 1.82) is 0 Å². The Morgan fingerprint density at radius 3 is 2.22 bits per heavy atom. The Morgan fingerprint density at radius 2 is 1.61 bits per heavy atom. The summed E-state index contributed by atoms with van der Waals surface area (Å²) < 4.78 is 0.541. The number of aromatic carboxylic acids is 1. The van der Waals surface area contributed by atoms with Crippen LogP contribution >= 0.6 is 39.1 Å². The van der Waals surface area contributed by atoms with Gasteiger partial charge in [-0.2, -0.15) is 0 Å². The molecule has 0 unspecified atom stereocenters. The van der Waals surface area contributed by atoms with Gasteiger partial charge in [-0.05, 0) is 51.3 Å². The number of carboxylic acids is 1. The topological polar surface area (TPSA) is 37.3 Å². The Morgan fingerprint density at radius 1 is 1.00 bits per heavy atom. The van der Waals surface area contributed by atoms with Crippen LogP contribution in [0.1, 0.15) is 10.4 Å². The van der Waals surface area contributed by atoms with E-state index in [-0.39, 0.29) is 5.56 Å². The summed E-state index contributed by atoms with van der Waals surface area (Å²) in [5.74, 6) is -0.983. The maximum absolute atomic E-state index is 11.0. The van der Waals surface area contributed by atoms with Crippen molar-refractivity contribution in [2.75, 3.05) is 0 Å². The van der Waals surface area contributed by atoms with Crippen molar-refractivity contribution in [3.63, 3.8) is 0 Å². The van der Waals surface area contributed by atoms with Crippen molar-refractivity contribution >= 4 is 45.1 Å². The van der Waals surface area contributed by atoms with Crippen LogP contribution in [0.15, 0.2) is 40.9 Å². The third-order valence-corrected chi connectivity index (χ3v) is 3.88. The van der Waals surface area contributed by atoms with Gasteiger partial charge in [0.1, 0.15) is 0 Å². The number of halogens is 3. The van der Waals surface area contributed by atoms with Gasteiger partial charge in [0.05, 0.1) is 15.6 Å². The second kappa shape index (κ2) is 5.31. The Hall–Kier alpha value is -1.03. The molecule has 2 nitrogen and oxygen atoms in total. The summed E-state index contributed by atoms with van der Waals surface area (Å²) in [6.07, 6.45) is 0. The zero-order chi connectivity index (χ0) is 13.3. The highest BCUT2D eigenvalue weighted by Gasteiger charge is 2.10. The van der Waals surface area contributed by atoms with E-state index in [0.717, 1.165) is 11.1 Å². The van der Waals surface area contributed by atoms with Crippen LogP contribution in [0.4, 0.5) is 0 Å². The molecule has 0 aliphatic heterocycles. The van der Waals surface area contributed by atoms with E-state index in [1.54, 1.807) is 30.3 Å². The molecule has 0 heterocycles. The summed E-state index contributed by atoms with van der Waals surface area (Å²) in [6.45, 7) is 0. The van der Waals surface area contributed by atoms with E-state index in [2.05, 4.69) is 15.9 Å². The number of hydrogen-bond acceptors (Lipinski definition) is 1. The highest BCUT2D eigenvalue weighted by Crippen LogP contribution is 2.30. The Bertz CT molecular complexity index is 626. The van der Waals surface area contributed by atoms with Crippen molar-refractivity contribution in [1.82, 2.24) is 0 Å². The third kappa shape index (κ3) is 2.69. The fourth-order valence-corrected chi connectivity index (χ4v) is 2.26. The molecule has 0 atom stereocenters. The van der Waals surface area contributed by atoms with E-state index in [0.29, 0.717) is 14.5 Å². The minimum Gasteiger partial charge on any atom is -0.478 e. The monoisotopic (exact) mass is 344 g/mol. The van der Waals surface area contributed by atoms with Gasteiger partial charge in [-0.1, -0.05) is 35.3 Å². The van der Waals surface area contributed by atoms with Crippen LogP contribution in [0.5, 0.6) is 0 Å². The molecule has 5 heteroatoms. The molecule has 0 radical (unpaired) electrons. The van der Waals surface area contributed by atoms with Gasteiger partial charge in [0.25, 0.3) is 0 Å². The predicted octanol–water partition coefficient (Wildman–Crippen LogP) is 5.12. The molecule has 0 amide bonds. The summed E-state index contributed by atoms with van der Waals surface area (Å²) in [5, 5.41) is 9.97. The summed E-state index contributed by atoms with van der Waals surface area (Å²) >= 11 is 15.0. The van der Waals surface area contributed by atoms with Gasteiger partial charge in [-0.15, -0.1) is 0 Å². The largest absolute Gasteiger partial charge is 0.478 e. The van der Waals surface area contributed by atoms with Crippen LogP contribution in [0.3, 0.4) is 0 Å². The van der Waals surface area contributed by atoms with Crippen LogP contribution in [-0.2, 0) is 0 Å². The fourth-order valence-electron chi connectivity index (χ4n) is 1.54. The second-order valence-corrected chi connectivity index (χ2v) is 5.30. The van der Waals surface area contributed by atoms with Gasteiger partial charge in [-0.3, -0.25) is 0 Å². The molecule has 0 aliphatic rings. The zero-order valence-electron chi connectivity index (χ0n) is 8.95.